The molecule has 112 valence electrons. The van der Waals surface area contributed by atoms with Crippen LogP contribution in [-0.4, -0.2) is 27.9 Å². The monoisotopic (exact) mass is 303 g/mol. The number of benzene rings is 1. The lowest BCUT2D eigenvalue weighted by molar-refractivity contribution is -0.128. The van der Waals surface area contributed by atoms with E-state index in [1.54, 1.807) is 11.8 Å². The minimum absolute atomic E-state index is 0.0158. The van der Waals surface area contributed by atoms with Crippen LogP contribution in [0.4, 0.5) is 0 Å². The number of imidazole rings is 1. The lowest BCUT2D eigenvalue weighted by Crippen LogP contribution is -2.37. The van der Waals surface area contributed by atoms with Gasteiger partial charge in [-0.2, -0.15) is 11.8 Å². The van der Waals surface area contributed by atoms with Gasteiger partial charge in [-0.15, -0.1) is 0 Å². The molecule has 0 aliphatic heterocycles. The van der Waals surface area contributed by atoms with Gasteiger partial charge in [0, 0.05) is 5.92 Å². The SMILES string of the molecule is CSCC[C@H](NC(=O)C1CCC1)c1nc2ccccc2[nH]1. The smallest absolute Gasteiger partial charge is 0.223 e. The molecule has 0 bridgehead atoms. The molecule has 4 nitrogen and oxygen atoms in total. The van der Waals surface area contributed by atoms with Crippen molar-refractivity contribution in [1.82, 2.24) is 15.3 Å². The number of nitrogens with zero attached hydrogens (tertiary/aromatic N) is 1. The summed E-state index contributed by atoms with van der Waals surface area (Å²) in [7, 11) is 0. The second-order valence-corrected chi connectivity index (χ2v) is 6.60. The van der Waals surface area contributed by atoms with Gasteiger partial charge >= 0.3 is 0 Å². The van der Waals surface area contributed by atoms with Crippen molar-refractivity contribution < 1.29 is 4.79 Å². The predicted octanol–water partition coefficient (Wildman–Crippen LogP) is 3.27. The summed E-state index contributed by atoms with van der Waals surface area (Å²) in [4.78, 5) is 20.2. The van der Waals surface area contributed by atoms with Gasteiger partial charge in [-0.3, -0.25) is 4.79 Å². The van der Waals surface area contributed by atoms with Crippen molar-refractivity contribution >= 4 is 28.7 Å². The van der Waals surface area contributed by atoms with Crippen LogP contribution in [0.25, 0.3) is 11.0 Å². The summed E-state index contributed by atoms with van der Waals surface area (Å²) in [6, 6.07) is 7.98. The molecule has 21 heavy (non-hydrogen) atoms. The summed E-state index contributed by atoms with van der Waals surface area (Å²) >= 11 is 1.79. The van der Waals surface area contributed by atoms with Crippen LogP contribution in [0, 0.1) is 5.92 Å². The molecule has 0 spiro atoms. The van der Waals surface area contributed by atoms with E-state index in [2.05, 4.69) is 21.5 Å². The van der Waals surface area contributed by atoms with Gasteiger partial charge in [-0.25, -0.2) is 4.98 Å². The molecule has 1 amide bonds. The number of para-hydroxylation sites is 2. The highest BCUT2D eigenvalue weighted by atomic mass is 32.2. The van der Waals surface area contributed by atoms with E-state index in [9.17, 15) is 4.79 Å². The summed E-state index contributed by atoms with van der Waals surface area (Å²) in [6.45, 7) is 0. The molecule has 0 unspecified atom stereocenters. The fraction of sp³-hybridized carbons (Fsp3) is 0.500. The normalized spacial score (nSPS) is 16.6. The van der Waals surface area contributed by atoms with E-state index in [1.165, 1.54) is 6.42 Å². The lowest BCUT2D eigenvalue weighted by atomic mass is 9.84. The van der Waals surface area contributed by atoms with Gasteiger partial charge in [0.2, 0.25) is 5.91 Å². The number of hydrogen-bond acceptors (Lipinski definition) is 3. The molecule has 1 aromatic heterocycles. The van der Waals surface area contributed by atoms with Crippen molar-refractivity contribution in [3.05, 3.63) is 30.1 Å². The number of nitrogens with one attached hydrogen (secondary N) is 2. The number of rotatable bonds is 6. The minimum Gasteiger partial charge on any atom is -0.346 e. The van der Waals surface area contributed by atoms with Gasteiger partial charge < -0.3 is 10.3 Å². The molecule has 5 heteroatoms. The van der Waals surface area contributed by atoms with Crippen molar-refractivity contribution in [1.29, 1.82) is 0 Å². The third kappa shape index (κ3) is 3.23. The first-order valence-electron chi connectivity index (χ1n) is 7.52. The zero-order chi connectivity index (χ0) is 14.7. The van der Waals surface area contributed by atoms with Gasteiger partial charge in [-0.05, 0) is 43.4 Å². The topological polar surface area (TPSA) is 57.8 Å². The molecule has 1 fully saturated rings. The van der Waals surface area contributed by atoms with Crippen LogP contribution >= 0.6 is 11.8 Å². The lowest BCUT2D eigenvalue weighted by Gasteiger charge is -2.26. The zero-order valence-electron chi connectivity index (χ0n) is 12.3. The largest absolute Gasteiger partial charge is 0.346 e. The van der Waals surface area contributed by atoms with Crippen molar-refractivity contribution in [2.45, 2.75) is 31.7 Å². The van der Waals surface area contributed by atoms with Crippen molar-refractivity contribution in [3.63, 3.8) is 0 Å². The molecule has 2 N–H and O–H groups in total. The Morgan fingerprint density at radius 1 is 1.48 bits per heavy atom. The van der Waals surface area contributed by atoms with E-state index in [-0.39, 0.29) is 17.9 Å². The van der Waals surface area contributed by atoms with Crippen LogP contribution in [0.2, 0.25) is 0 Å². The number of aromatic nitrogens is 2. The number of H-pyrrole nitrogens is 1. The van der Waals surface area contributed by atoms with E-state index >= 15 is 0 Å². The van der Waals surface area contributed by atoms with E-state index in [0.29, 0.717) is 0 Å². The number of hydrogen-bond donors (Lipinski definition) is 2. The average Bonchev–Trinajstić information content (AvgIpc) is 2.85. The van der Waals surface area contributed by atoms with Gasteiger partial charge in [0.1, 0.15) is 5.82 Å². The number of aromatic amines is 1. The molecule has 1 aliphatic carbocycles. The van der Waals surface area contributed by atoms with E-state index in [0.717, 1.165) is 41.9 Å². The first kappa shape index (κ1) is 14.4. The molecule has 0 radical (unpaired) electrons. The maximum absolute atomic E-state index is 12.2. The standard InChI is InChI=1S/C16H21N3OS/c1-21-10-9-14(19-16(20)11-5-4-6-11)15-17-12-7-2-3-8-13(12)18-15/h2-3,7-8,11,14H,4-6,9-10H2,1H3,(H,17,18)(H,19,20)/t14-/m0/s1. The molecule has 1 heterocycles. The van der Waals surface area contributed by atoms with Crippen LogP contribution < -0.4 is 5.32 Å². The molecular weight excluding hydrogens is 282 g/mol. The van der Waals surface area contributed by atoms with Crippen LogP contribution in [0.5, 0.6) is 0 Å². The van der Waals surface area contributed by atoms with Crippen LogP contribution in [0.3, 0.4) is 0 Å². The second-order valence-electron chi connectivity index (χ2n) is 5.61. The number of amides is 1. The first-order chi connectivity index (χ1) is 10.3. The van der Waals surface area contributed by atoms with Gasteiger partial charge in [0.05, 0.1) is 17.1 Å². The predicted molar refractivity (Wildman–Crippen MR) is 87.3 cm³/mol. The quantitative estimate of drug-likeness (QED) is 0.861. The molecule has 1 saturated carbocycles. The molecule has 1 aliphatic rings. The first-order valence-corrected chi connectivity index (χ1v) is 8.91. The Labute approximate surface area is 129 Å². The minimum atomic E-state index is -0.0158. The Morgan fingerprint density at radius 3 is 2.95 bits per heavy atom. The molecule has 1 aromatic carbocycles. The molecule has 2 aromatic rings. The Hall–Kier alpha value is -1.49. The highest BCUT2D eigenvalue weighted by Crippen LogP contribution is 2.28. The van der Waals surface area contributed by atoms with Crippen LogP contribution in [0.15, 0.2) is 24.3 Å². The third-order valence-electron chi connectivity index (χ3n) is 4.14. The number of fused-ring (bicyclic) bond motifs is 1. The molecule has 1 atom stereocenters. The Balaban J connectivity index is 1.78. The van der Waals surface area contributed by atoms with Crippen molar-refractivity contribution in [2.24, 2.45) is 5.92 Å². The van der Waals surface area contributed by atoms with E-state index in [1.807, 2.05) is 24.3 Å². The summed E-state index contributed by atoms with van der Waals surface area (Å²) in [5.41, 5.74) is 1.99. The number of thioether (sulfide) groups is 1. The molecular formula is C16H21N3OS. The Kier molecular flexibility index (Phi) is 4.48. The fourth-order valence-electron chi connectivity index (χ4n) is 2.61. The fourth-order valence-corrected chi connectivity index (χ4v) is 3.08. The van der Waals surface area contributed by atoms with E-state index in [4.69, 9.17) is 0 Å². The summed E-state index contributed by atoms with van der Waals surface area (Å²) < 4.78 is 0. The maximum atomic E-state index is 12.2. The Bertz CT molecular complexity index is 588. The van der Waals surface area contributed by atoms with E-state index < -0.39 is 0 Å². The highest BCUT2D eigenvalue weighted by Gasteiger charge is 2.28. The maximum Gasteiger partial charge on any atom is 0.223 e. The highest BCUT2D eigenvalue weighted by molar-refractivity contribution is 7.98. The average molecular weight is 303 g/mol. The van der Waals surface area contributed by atoms with Crippen molar-refractivity contribution in [3.8, 4) is 0 Å². The molecule has 0 saturated heterocycles. The van der Waals surface area contributed by atoms with Gasteiger partial charge in [-0.1, -0.05) is 18.6 Å². The zero-order valence-corrected chi connectivity index (χ0v) is 13.1. The summed E-state index contributed by atoms with van der Waals surface area (Å²) in [6.07, 6.45) is 6.23. The summed E-state index contributed by atoms with van der Waals surface area (Å²) in [5, 5.41) is 3.18. The Morgan fingerprint density at radius 2 is 2.29 bits per heavy atom. The second kappa shape index (κ2) is 6.52. The number of carbonyl (C=O) groups excluding carboxylic acids is 1. The summed E-state index contributed by atoms with van der Waals surface area (Å²) in [5.74, 6) is 2.28. The van der Waals surface area contributed by atoms with Crippen LogP contribution in [0.1, 0.15) is 37.5 Å². The van der Waals surface area contributed by atoms with Gasteiger partial charge in [0.25, 0.3) is 0 Å². The van der Waals surface area contributed by atoms with Crippen LogP contribution in [-0.2, 0) is 4.79 Å². The van der Waals surface area contributed by atoms with Crippen molar-refractivity contribution in [2.75, 3.05) is 12.0 Å². The number of carbonyl (C=O) groups is 1. The van der Waals surface area contributed by atoms with Gasteiger partial charge in [0.15, 0.2) is 0 Å². The molecule has 3 rings (SSSR count). The third-order valence-corrected chi connectivity index (χ3v) is 4.78.